The highest BCUT2D eigenvalue weighted by Crippen LogP contribution is 2.10. The van der Waals surface area contributed by atoms with E-state index in [4.69, 9.17) is 4.74 Å². The number of carbonyl (C=O) groups excluding carboxylic acids is 1. The Hall–Kier alpha value is -1.56. The normalized spacial score (nSPS) is 12.8. The van der Waals surface area contributed by atoms with Crippen LogP contribution in [0.15, 0.2) is 29.2 Å². The minimum absolute atomic E-state index is 0.0363. The lowest BCUT2D eigenvalue weighted by atomic mass is 10.2. The highest BCUT2D eigenvalue weighted by molar-refractivity contribution is 7.90. The van der Waals surface area contributed by atoms with E-state index < -0.39 is 16.1 Å². The third kappa shape index (κ3) is 4.03. The molecule has 100 valence electrons. The molecule has 1 atom stereocenters. The Balaban J connectivity index is 2.76. The molecule has 1 aromatic carbocycles. The van der Waals surface area contributed by atoms with Crippen molar-refractivity contribution < 1.29 is 17.9 Å². The summed E-state index contributed by atoms with van der Waals surface area (Å²) in [6.07, 6.45) is -0.652. The van der Waals surface area contributed by atoms with Gasteiger partial charge < -0.3 is 4.74 Å². The molecule has 1 N–H and O–H groups in total. The standard InChI is InChI=1S/C12H17NO4S/c1-4-10(3)17-12(14)13-18(15,16)11-7-5-9(2)6-8-11/h5-8,10H,4H2,1-3H3,(H,13,14)/t10-/m0/s1. The van der Waals surface area contributed by atoms with Crippen molar-refractivity contribution in [2.45, 2.75) is 38.2 Å². The quantitative estimate of drug-likeness (QED) is 0.911. The van der Waals surface area contributed by atoms with Gasteiger partial charge in [-0.1, -0.05) is 24.6 Å². The minimum Gasteiger partial charge on any atom is -0.446 e. The Kier molecular flexibility index (Phi) is 4.72. The molecule has 0 saturated heterocycles. The molecule has 0 aliphatic heterocycles. The molecule has 0 aliphatic rings. The first-order valence-corrected chi connectivity index (χ1v) is 7.13. The number of amides is 1. The van der Waals surface area contributed by atoms with Gasteiger partial charge >= 0.3 is 6.09 Å². The molecule has 1 rings (SSSR count). The fourth-order valence-corrected chi connectivity index (χ4v) is 2.06. The van der Waals surface area contributed by atoms with Crippen LogP contribution in [0.25, 0.3) is 0 Å². The van der Waals surface area contributed by atoms with Gasteiger partial charge in [0, 0.05) is 0 Å². The van der Waals surface area contributed by atoms with E-state index in [0.717, 1.165) is 5.56 Å². The van der Waals surface area contributed by atoms with Crippen LogP contribution in [0.5, 0.6) is 0 Å². The van der Waals surface area contributed by atoms with Crippen LogP contribution in [-0.4, -0.2) is 20.6 Å². The van der Waals surface area contributed by atoms with Gasteiger partial charge in [-0.05, 0) is 32.4 Å². The van der Waals surface area contributed by atoms with Gasteiger partial charge in [0.15, 0.2) is 0 Å². The van der Waals surface area contributed by atoms with Gasteiger partial charge in [0.05, 0.1) is 4.90 Å². The maximum Gasteiger partial charge on any atom is 0.421 e. The van der Waals surface area contributed by atoms with Crippen molar-refractivity contribution in [1.29, 1.82) is 0 Å². The van der Waals surface area contributed by atoms with Crippen LogP contribution in [0.3, 0.4) is 0 Å². The van der Waals surface area contributed by atoms with Gasteiger partial charge in [-0.15, -0.1) is 0 Å². The van der Waals surface area contributed by atoms with E-state index in [1.54, 1.807) is 19.1 Å². The lowest BCUT2D eigenvalue weighted by molar-refractivity contribution is 0.110. The number of carbonyl (C=O) groups is 1. The fourth-order valence-electron chi connectivity index (χ4n) is 1.18. The summed E-state index contributed by atoms with van der Waals surface area (Å²) in [5.41, 5.74) is 0.941. The summed E-state index contributed by atoms with van der Waals surface area (Å²) in [4.78, 5) is 11.4. The summed E-state index contributed by atoms with van der Waals surface area (Å²) in [6, 6.07) is 6.20. The first kappa shape index (κ1) is 14.5. The topological polar surface area (TPSA) is 72.5 Å². The van der Waals surface area contributed by atoms with E-state index >= 15 is 0 Å². The average Bonchev–Trinajstić information content (AvgIpc) is 2.28. The summed E-state index contributed by atoms with van der Waals surface area (Å²) in [7, 11) is -3.85. The van der Waals surface area contributed by atoms with E-state index in [-0.39, 0.29) is 11.0 Å². The van der Waals surface area contributed by atoms with Crippen molar-refractivity contribution in [3.63, 3.8) is 0 Å². The van der Waals surface area contributed by atoms with Crippen LogP contribution in [0.4, 0.5) is 4.79 Å². The highest BCUT2D eigenvalue weighted by atomic mass is 32.2. The summed E-state index contributed by atoms with van der Waals surface area (Å²) in [5.74, 6) is 0. The summed E-state index contributed by atoms with van der Waals surface area (Å²) in [5, 5.41) is 0. The van der Waals surface area contributed by atoms with Gasteiger partial charge in [0.25, 0.3) is 10.0 Å². The number of nitrogens with one attached hydrogen (secondary N) is 1. The number of sulfonamides is 1. The molecule has 18 heavy (non-hydrogen) atoms. The minimum atomic E-state index is -3.85. The van der Waals surface area contributed by atoms with Gasteiger partial charge in [-0.2, -0.15) is 0 Å². The predicted octanol–water partition coefficient (Wildman–Crippen LogP) is 2.21. The Bertz CT molecular complexity index is 507. The highest BCUT2D eigenvalue weighted by Gasteiger charge is 2.19. The fraction of sp³-hybridized carbons (Fsp3) is 0.417. The second kappa shape index (κ2) is 5.86. The van der Waals surface area contributed by atoms with Crippen LogP contribution in [0.1, 0.15) is 25.8 Å². The smallest absolute Gasteiger partial charge is 0.421 e. The first-order chi connectivity index (χ1) is 8.35. The van der Waals surface area contributed by atoms with Gasteiger partial charge in [0.1, 0.15) is 6.10 Å². The Morgan fingerprint density at radius 1 is 1.33 bits per heavy atom. The van der Waals surface area contributed by atoms with Crippen molar-refractivity contribution >= 4 is 16.1 Å². The maximum absolute atomic E-state index is 11.8. The van der Waals surface area contributed by atoms with E-state index in [1.807, 2.05) is 18.6 Å². The van der Waals surface area contributed by atoms with Crippen molar-refractivity contribution in [1.82, 2.24) is 4.72 Å². The van der Waals surface area contributed by atoms with E-state index in [1.165, 1.54) is 12.1 Å². The molecule has 5 nitrogen and oxygen atoms in total. The van der Waals surface area contributed by atoms with Crippen LogP contribution >= 0.6 is 0 Å². The molecular weight excluding hydrogens is 254 g/mol. The monoisotopic (exact) mass is 271 g/mol. The van der Waals surface area contributed by atoms with Crippen molar-refractivity contribution in [2.24, 2.45) is 0 Å². The number of hydrogen-bond acceptors (Lipinski definition) is 4. The zero-order valence-electron chi connectivity index (χ0n) is 10.6. The maximum atomic E-state index is 11.8. The van der Waals surface area contributed by atoms with Crippen LogP contribution < -0.4 is 4.72 Å². The Morgan fingerprint density at radius 3 is 2.39 bits per heavy atom. The van der Waals surface area contributed by atoms with Crippen molar-refractivity contribution in [3.05, 3.63) is 29.8 Å². The average molecular weight is 271 g/mol. The van der Waals surface area contributed by atoms with Gasteiger partial charge in [-0.3, -0.25) is 0 Å². The van der Waals surface area contributed by atoms with Gasteiger partial charge in [0.2, 0.25) is 0 Å². The molecular formula is C12H17NO4S. The Morgan fingerprint density at radius 2 is 1.89 bits per heavy atom. The predicted molar refractivity (Wildman–Crippen MR) is 67.7 cm³/mol. The molecule has 0 fully saturated rings. The zero-order valence-corrected chi connectivity index (χ0v) is 11.5. The number of benzene rings is 1. The number of rotatable bonds is 4. The van der Waals surface area contributed by atoms with Crippen molar-refractivity contribution in [2.75, 3.05) is 0 Å². The largest absolute Gasteiger partial charge is 0.446 e. The van der Waals surface area contributed by atoms with E-state index in [2.05, 4.69) is 0 Å². The summed E-state index contributed by atoms with van der Waals surface area (Å²) in [6.45, 7) is 5.38. The second-order valence-electron chi connectivity index (χ2n) is 4.04. The molecule has 0 aromatic heterocycles. The number of ether oxygens (including phenoxy) is 1. The molecule has 1 amide bonds. The molecule has 0 spiro atoms. The molecule has 0 radical (unpaired) electrons. The number of hydrogen-bond donors (Lipinski definition) is 1. The summed E-state index contributed by atoms with van der Waals surface area (Å²) >= 11 is 0. The molecule has 0 saturated carbocycles. The third-order valence-corrected chi connectivity index (χ3v) is 3.76. The zero-order chi connectivity index (χ0) is 13.8. The molecule has 0 unspecified atom stereocenters. The molecule has 0 bridgehead atoms. The molecule has 0 heterocycles. The lowest BCUT2D eigenvalue weighted by Gasteiger charge is -2.12. The Labute approximate surface area is 107 Å². The van der Waals surface area contributed by atoms with Crippen LogP contribution in [0, 0.1) is 6.92 Å². The van der Waals surface area contributed by atoms with Crippen molar-refractivity contribution in [3.8, 4) is 0 Å². The first-order valence-electron chi connectivity index (χ1n) is 5.65. The van der Waals surface area contributed by atoms with Gasteiger partial charge in [-0.25, -0.2) is 17.9 Å². The lowest BCUT2D eigenvalue weighted by Crippen LogP contribution is -2.33. The van der Waals surface area contributed by atoms with Crippen LogP contribution in [-0.2, 0) is 14.8 Å². The third-order valence-electron chi connectivity index (χ3n) is 2.43. The van der Waals surface area contributed by atoms with E-state index in [0.29, 0.717) is 6.42 Å². The summed E-state index contributed by atoms with van der Waals surface area (Å²) < 4.78 is 30.3. The van der Waals surface area contributed by atoms with Crippen LogP contribution in [0.2, 0.25) is 0 Å². The second-order valence-corrected chi connectivity index (χ2v) is 5.73. The van der Waals surface area contributed by atoms with E-state index in [9.17, 15) is 13.2 Å². The SMILES string of the molecule is CC[C@H](C)OC(=O)NS(=O)(=O)c1ccc(C)cc1. The number of aryl methyl sites for hydroxylation is 1. The molecule has 1 aromatic rings. The molecule has 0 aliphatic carbocycles. The molecule has 6 heteroatoms.